The van der Waals surface area contributed by atoms with Gasteiger partial charge in [-0.2, -0.15) is 5.10 Å². The van der Waals surface area contributed by atoms with Crippen LogP contribution in [0.2, 0.25) is 0 Å². The third-order valence-electron chi connectivity index (χ3n) is 7.20. The molecule has 37 heavy (non-hydrogen) atoms. The molecule has 0 radical (unpaired) electrons. The summed E-state index contributed by atoms with van der Waals surface area (Å²) in [5.74, 6) is 0.0582. The van der Waals surface area contributed by atoms with Crippen LogP contribution in [0.25, 0.3) is 43.8 Å². The van der Waals surface area contributed by atoms with Crippen LogP contribution < -0.4 is 5.32 Å². The number of fused-ring (bicyclic) bond motifs is 1. The van der Waals surface area contributed by atoms with Crippen LogP contribution in [0, 0.1) is 32.2 Å². The second-order valence-corrected chi connectivity index (χ2v) is 9.77. The van der Waals surface area contributed by atoms with Crippen LogP contribution >= 0.6 is 0 Å². The monoisotopic (exact) mass is 490 g/mol. The number of rotatable bonds is 5. The molecule has 1 aliphatic heterocycles. The Labute approximate surface area is 215 Å². The first kappa shape index (κ1) is 23.1. The summed E-state index contributed by atoms with van der Waals surface area (Å²) in [5, 5.41) is 9.05. The molecular formula is C30H27FN6. The first-order valence-electron chi connectivity index (χ1n) is 12.5. The highest BCUT2D eigenvalue weighted by Crippen LogP contribution is 2.39. The van der Waals surface area contributed by atoms with Crippen molar-refractivity contribution in [2.75, 3.05) is 13.1 Å². The van der Waals surface area contributed by atoms with Crippen LogP contribution in [0.1, 0.15) is 17.8 Å². The number of nitrogens with zero attached hydrogens (tertiary/aromatic N) is 5. The molecule has 0 unspecified atom stereocenters. The Morgan fingerprint density at radius 3 is 2.57 bits per heavy atom. The van der Waals surface area contributed by atoms with E-state index in [1.54, 1.807) is 6.07 Å². The molecule has 0 saturated carbocycles. The lowest BCUT2D eigenvalue weighted by Crippen LogP contribution is -2.14. The Kier molecular flexibility index (Phi) is 5.82. The number of hydrogen-bond acceptors (Lipinski definition) is 3. The molecule has 1 saturated heterocycles. The Morgan fingerprint density at radius 1 is 1.08 bits per heavy atom. The predicted octanol–water partition coefficient (Wildman–Crippen LogP) is 6.47. The summed E-state index contributed by atoms with van der Waals surface area (Å²) in [6.45, 7) is 14.2. The Hall–Kier alpha value is -4.28. The quantitative estimate of drug-likeness (QED) is 0.287. The summed E-state index contributed by atoms with van der Waals surface area (Å²) in [4.78, 5) is 8.21. The van der Waals surface area contributed by atoms with E-state index < -0.39 is 5.82 Å². The zero-order valence-electron chi connectivity index (χ0n) is 20.9. The van der Waals surface area contributed by atoms with E-state index in [2.05, 4.69) is 38.2 Å². The average molecular weight is 491 g/mol. The van der Waals surface area contributed by atoms with Crippen molar-refractivity contribution in [3.05, 3.63) is 95.6 Å². The lowest BCUT2D eigenvalue weighted by Gasteiger charge is -2.15. The van der Waals surface area contributed by atoms with Crippen LogP contribution in [0.5, 0.6) is 0 Å². The number of aromatic nitrogens is 4. The fourth-order valence-electron chi connectivity index (χ4n) is 5.38. The molecule has 2 aromatic carbocycles. The Balaban J connectivity index is 1.49. The largest absolute Gasteiger partial charge is 0.346 e. The van der Waals surface area contributed by atoms with Crippen LogP contribution in [0.4, 0.5) is 10.1 Å². The number of pyridine rings is 1. The van der Waals surface area contributed by atoms with Crippen molar-refractivity contribution in [3.63, 3.8) is 0 Å². The third-order valence-corrected chi connectivity index (χ3v) is 7.20. The van der Waals surface area contributed by atoms with Crippen molar-refractivity contribution >= 4 is 16.6 Å². The van der Waals surface area contributed by atoms with Crippen molar-refractivity contribution < 1.29 is 4.39 Å². The van der Waals surface area contributed by atoms with Gasteiger partial charge in [0.2, 0.25) is 5.69 Å². The van der Waals surface area contributed by atoms with Gasteiger partial charge in [-0.15, -0.1) is 0 Å². The van der Waals surface area contributed by atoms with Crippen molar-refractivity contribution in [1.82, 2.24) is 24.6 Å². The minimum absolute atomic E-state index is 0.0194. The molecule has 7 heteroatoms. The summed E-state index contributed by atoms with van der Waals surface area (Å²) in [7, 11) is 0. The molecule has 4 heterocycles. The van der Waals surface area contributed by atoms with Gasteiger partial charge in [-0.3, -0.25) is 4.98 Å². The number of nitrogens with one attached hydrogen (secondary N) is 1. The maximum atomic E-state index is 14.8. The fourth-order valence-corrected chi connectivity index (χ4v) is 5.38. The standard InChI is InChI=1S/C30H27FN6/c1-19-14-20(2)37(35-19)24-7-4-22(5-8-24)30-29(23-6-9-27(32-3)26(31)15-23)25-11-13-36(28(25)17-34-30)18-21-10-12-33-16-21/h4-9,11,13-15,17,21,33H,10,12,16,18H2,1-2H3/t21-/m1/s1. The van der Waals surface area contributed by atoms with Gasteiger partial charge >= 0.3 is 0 Å². The second-order valence-electron chi connectivity index (χ2n) is 9.77. The molecule has 1 N–H and O–H groups in total. The molecule has 3 aromatic heterocycles. The summed E-state index contributed by atoms with van der Waals surface area (Å²) in [6, 6.07) is 17.1. The summed E-state index contributed by atoms with van der Waals surface area (Å²) >= 11 is 0. The fraction of sp³-hybridized carbons (Fsp3) is 0.233. The highest BCUT2D eigenvalue weighted by Gasteiger charge is 2.20. The lowest BCUT2D eigenvalue weighted by molar-refractivity contribution is 0.491. The molecule has 0 bridgehead atoms. The maximum Gasteiger partial charge on any atom is 0.222 e. The average Bonchev–Trinajstić information content (AvgIpc) is 3.64. The number of aryl methyl sites for hydroxylation is 2. The smallest absolute Gasteiger partial charge is 0.222 e. The predicted molar refractivity (Wildman–Crippen MR) is 144 cm³/mol. The molecule has 0 aliphatic carbocycles. The molecule has 0 amide bonds. The second kappa shape index (κ2) is 9.30. The topological polar surface area (TPSA) is 52.0 Å². The van der Waals surface area contributed by atoms with E-state index >= 15 is 0 Å². The summed E-state index contributed by atoms with van der Waals surface area (Å²) in [5.41, 5.74) is 7.35. The van der Waals surface area contributed by atoms with E-state index in [1.165, 1.54) is 6.07 Å². The van der Waals surface area contributed by atoms with Crippen molar-refractivity contribution in [3.8, 4) is 28.1 Å². The molecule has 6 nitrogen and oxygen atoms in total. The normalized spacial score (nSPS) is 15.4. The lowest BCUT2D eigenvalue weighted by atomic mass is 9.96. The maximum absolute atomic E-state index is 14.8. The van der Waals surface area contributed by atoms with Crippen LogP contribution in [-0.2, 0) is 6.54 Å². The van der Waals surface area contributed by atoms with Gasteiger partial charge in [-0.1, -0.05) is 24.3 Å². The molecule has 1 aliphatic rings. The molecule has 6 rings (SSSR count). The van der Waals surface area contributed by atoms with Gasteiger partial charge in [-0.05, 0) is 75.2 Å². The molecule has 184 valence electrons. The first-order valence-corrected chi connectivity index (χ1v) is 12.5. The van der Waals surface area contributed by atoms with E-state index in [0.29, 0.717) is 11.5 Å². The molecule has 1 atom stereocenters. The Morgan fingerprint density at radius 2 is 1.89 bits per heavy atom. The van der Waals surface area contributed by atoms with Gasteiger partial charge in [0.1, 0.15) is 5.82 Å². The highest BCUT2D eigenvalue weighted by atomic mass is 19.1. The number of hydrogen-bond donors (Lipinski definition) is 1. The van der Waals surface area contributed by atoms with Crippen molar-refractivity contribution in [2.24, 2.45) is 5.92 Å². The van der Waals surface area contributed by atoms with Gasteiger partial charge in [0.05, 0.1) is 35.4 Å². The summed E-state index contributed by atoms with van der Waals surface area (Å²) in [6.07, 6.45) is 5.19. The van der Waals surface area contributed by atoms with Gasteiger partial charge < -0.3 is 9.88 Å². The zero-order valence-corrected chi connectivity index (χ0v) is 20.9. The van der Waals surface area contributed by atoms with E-state index in [0.717, 1.165) is 70.9 Å². The van der Waals surface area contributed by atoms with Crippen molar-refractivity contribution in [2.45, 2.75) is 26.8 Å². The van der Waals surface area contributed by atoms with E-state index in [9.17, 15) is 4.39 Å². The number of benzene rings is 2. The van der Waals surface area contributed by atoms with Gasteiger partial charge in [0.15, 0.2) is 0 Å². The molecular weight excluding hydrogens is 463 g/mol. The van der Waals surface area contributed by atoms with Crippen LogP contribution in [0.15, 0.2) is 67.0 Å². The van der Waals surface area contributed by atoms with Crippen molar-refractivity contribution in [1.29, 1.82) is 0 Å². The van der Waals surface area contributed by atoms with Gasteiger partial charge in [0, 0.05) is 34.9 Å². The zero-order chi connectivity index (χ0) is 25.5. The highest BCUT2D eigenvalue weighted by molar-refractivity contribution is 6.01. The van der Waals surface area contributed by atoms with Gasteiger partial charge in [-0.25, -0.2) is 13.9 Å². The molecule has 0 spiro atoms. The first-order chi connectivity index (χ1) is 18.0. The van der Waals surface area contributed by atoms with E-state index in [-0.39, 0.29) is 5.69 Å². The Bertz CT molecular complexity index is 1650. The third kappa shape index (κ3) is 4.20. The summed E-state index contributed by atoms with van der Waals surface area (Å²) < 4.78 is 18.9. The minimum Gasteiger partial charge on any atom is -0.346 e. The van der Waals surface area contributed by atoms with E-state index in [4.69, 9.17) is 11.6 Å². The molecule has 1 fully saturated rings. The van der Waals surface area contributed by atoms with Crippen LogP contribution in [-0.4, -0.2) is 32.4 Å². The van der Waals surface area contributed by atoms with Crippen LogP contribution in [0.3, 0.4) is 0 Å². The molecule has 5 aromatic rings. The van der Waals surface area contributed by atoms with E-state index in [1.807, 2.05) is 55.1 Å². The SMILES string of the molecule is [C-]#[N+]c1ccc(-c2c(-c3ccc(-n4nc(C)cc4C)cc3)ncc3c2ccn3C[C@@H]2CCNC2)cc1F. The number of halogens is 1. The minimum atomic E-state index is -0.521. The van der Waals surface area contributed by atoms with Gasteiger partial charge in [0.25, 0.3) is 0 Å².